The standard InChI is InChI=1S/C19H18ClN3O/c20-15-9-7-14(8-10-15)18(24)23-12-11-21-19(23)22-17-6-2-4-13-3-1-5-16(13)17/h2,4,6-10H,1,3,5,11-12H2,(H,21,22). The van der Waals surface area contributed by atoms with E-state index in [1.54, 1.807) is 29.2 Å². The molecule has 4 rings (SSSR count). The summed E-state index contributed by atoms with van der Waals surface area (Å²) in [7, 11) is 0. The van der Waals surface area contributed by atoms with E-state index < -0.39 is 0 Å². The maximum Gasteiger partial charge on any atom is 0.260 e. The zero-order valence-corrected chi connectivity index (χ0v) is 14.0. The number of aliphatic imine (C=N–C) groups is 1. The highest BCUT2D eigenvalue weighted by Gasteiger charge is 2.26. The van der Waals surface area contributed by atoms with E-state index in [0.29, 0.717) is 29.6 Å². The summed E-state index contributed by atoms with van der Waals surface area (Å²) in [6.45, 7) is 1.22. The number of carbonyl (C=O) groups is 1. The van der Waals surface area contributed by atoms with Crippen LogP contribution in [0.15, 0.2) is 47.5 Å². The van der Waals surface area contributed by atoms with Crippen LogP contribution in [0.5, 0.6) is 0 Å². The van der Waals surface area contributed by atoms with Crippen LogP contribution < -0.4 is 5.32 Å². The molecule has 1 aliphatic carbocycles. The van der Waals surface area contributed by atoms with Gasteiger partial charge in [-0.15, -0.1) is 0 Å². The molecule has 4 nitrogen and oxygen atoms in total. The lowest BCUT2D eigenvalue weighted by atomic mass is 10.1. The monoisotopic (exact) mass is 339 g/mol. The van der Waals surface area contributed by atoms with Gasteiger partial charge in [-0.25, -0.2) is 0 Å². The molecule has 2 aliphatic rings. The summed E-state index contributed by atoms with van der Waals surface area (Å²) in [5.74, 6) is 0.582. The third-order valence-corrected chi connectivity index (χ3v) is 4.82. The number of hydrogen-bond donors (Lipinski definition) is 1. The summed E-state index contributed by atoms with van der Waals surface area (Å²) in [5.41, 5.74) is 4.44. The van der Waals surface area contributed by atoms with Gasteiger partial charge in [0.15, 0.2) is 0 Å². The van der Waals surface area contributed by atoms with E-state index in [2.05, 4.69) is 28.5 Å². The Kier molecular flexibility index (Phi) is 3.98. The molecule has 0 radical (unpaired) electrons. The van der Waals surface area contributed by atoms with E-state index in [1.807, 2.05) is 0 Å². The first kappa shape index (κ1) is 15.2. The van der Waals surface area contributed by atoms with Gasteiger partial charge in [-0.1, -0.05) is 23.7 Å². The molecule has 0 saturated carbocycles. The zero-order valence-electron chi connectivity index (χ0n) is 13.3. The van der Waals surface area contributed by atoms with Crippen molar-refractivity contribution in [3.05, 3.63) is 64.2 Å². The minimum atomic E-state index is -0.0528. The maximum absolute atomic E-state index is 12.8. The number of halogens is 1. The van der Waals surface area contributed by atoms with E-state index in [1.165, 1.54) is 17.5 Å². The number of benzene rings is 2. The van der Waals surface area contributed by atoms with Crippen molar-refractivity contribution >= 4 is 29.2 Å². The molecule has 1 amide bonds. The van der Waals surface area contributed by atoms with Gasteiger partial charge < -0.3 is 5.32 Å². The van der Waals surface area contributed by atoms with Crippen LogP contribution in [0.1, 0.15) is 27.9 Å². The number of aryl methyl sites for hydroxylation is 1. The summed E-state index contributed by atoms with van der Waals surface area (Å²) in [6, 6.07) is 13.3. The molecule has 0 fully saturated rings. The molecular formula is C19H18ClN3O. The van der Waals surface area contributed by atoms with E-state index in [4.69, 9.17) is 11.6 Å². The van der Waals surface area contributed by atoms with Crippen molar-refractivity contribution < 1.29 is 4.79 Å². The van der Waals surface area contributed by atoms with Crippen LogP contribution in [-0.4, -0.2) is 29.9 Å². The highest BCUT2D eigenvalue weighted by molar-refractivity contribution is 6.30. The smallest absolute Gasteiger partial charge is 0.260 e. The van der Waals surface area contributed by atoms with Crippen molar-refractivity contribution in [2.24, 2.45) is 4.99 Å². The van der Waals surface area contributed by atoms with Gasteiger partial charge in [0.1, 0.15) is 0 Å². The van der Waals surface area contributed by atoms with Gasteiger partial charge in [0.2, 0.25) is 5.96 Å². The van der Waals surface area contributed by atoms with Crippen molar-refractivity contribution in [1.29, 1.82) is 0 Å². The molecular weight excluding hydrogens is 322 g/mol. The second kappa shape index (κ2) is 6.29. The molecule has 0 spiro atoms. The zero-order chi connectivity index (χ0) is 16.5. The molecule has 0 atom stereocenters. The van der Waals surface area contributed by atoms with Crippen LogP contribution in [0.2, 0.25) is 5.02 Å². The molecule has 1 aliphatic heterocycles. The molecule has 1 heterocycles. The lowest BCUT2D eigenvalue weighted by Gasteiger charge is -2.20. The Balaban J connectivity index is 1.56. The Bertz CT molecular complexity index is 814. The number of anilines is 1. The first-order chi connectivity index (χ1) is 11.7. The van der Waals surface area contributed by atoms with Crippen molar-refractivity contribution in [2.45, 2.75) is 19.3 Å². The second-order valence-corrected chi connectivity index (χ2v) is 6.53. The van der Waals surface area contributed by atoms with E-state index in [0.717, 1.165) is 18.5 Å². The number of amides is 1. The molecule has 0 aromatic heterocycles. The molecule has 24 heavy (non-hydrogen) atoms. The van der Waals surface area contributed by atoms with Gasteiger partial charge in [-0.2, -0.15) is 0 Å². The number of carbonyl (C=O) groups excluding carboxylic acids is 1. The van der Waals surface area contributed by atoms with Crippen molar-refractivity contribution in [3.63, 3.8) is 0 Å². The normalized spacial score (nSPS) is 16.0. The van der Waals surface area contributed by atoms with Gasteiger partial charge >= 0.3 is 0 Å². The first-order valence-electron chi connectivity index (χ1n) is 8.22. The van der Waals surface area contributed by atoms with Crippen LogP contribution in [0.25, 0.3) is 0 Å². The highest BCUT2D eigenvalue weighted by atomic mass is 35.5. The van der Waals surface area contributed by atoms with E-state index in [9.17, 15) is 4.79 Å². The average molecular weight is 340 g/mol. The number of rotatable bonds is 2. The molecule has 5 heteroatoms. The Labute approximate surface area is 146 Å². The third-order valence-electron chi connectivity index (χ3n) is 4.57. The first-order valence-corrected chi connectivity index (χ1v) is 8.60. The van der Waals surface area contributed by atoms with Crippen LogP contribution in [0.3, 0.4) is 0 Å². The number of nitrogens with one attached hydrogen (secondary N) is 1. The Hall–Kier alpha value is -2.33. The fourth-order valence-corrected chi connectivity index (χ4v) is 3.48. The maximum atomic E-state index is 12.8. The predicted molar refractivity (Wildman–Crippen MR) is 96.9 cm³/mol. The molecule has 0 unspecified atom stereocenters. The van der Waals surface area contributed by atoms with Crippen molar-refractivity contribution in [3.8, 4) is 0 Å². The number of guanidine groups is 1. The van der Waals surface area contributed by atoms with Crippen LogP contribution in [0, 0.1) is 0 Å². The van der Waals surface area contributed by atoms with E-state index in [-0.39, 0.29) is 5.91 Å². The van der Waals surface area contributed by atoms with Crippen molar-refractivity contribution in [2.75, 3.05) is 18.4 Å². The number of nitrogens with zero attached hydrogens (tertiary/aromatic N) is 2. The van der Waals surface area contributed by atoms with Crippen LogP contribution in [0.4, 0.5) is 5.69 Å². The lowest BCUT2D eigenvalue weighted by Crippen LogP contribution is -2.38. The molecule has 2 aromatic rings. The van der Waals surface area contributed by atoms with Crippen molar-refractivity contribution in [1.82, 2.24) is 4.90 Å². The van der Waals surface area contributed by atoms with E-state index >= 15 is 0 Å². The quantitative estimate of drug-likeness (QED) is 0.905. The van der Waals surface area contributed by atoms with Gasteiger partial charge in [-0.3, -0.25) is 14.7 Å². The van der Waals surface area contributed by atoms with Crippen LogP contribution in [-0.2, 0) is 12.8 Å². The average Bonchev–Trinajstić information content (AvgIpc) is 3.24. The van der Waals surface area contributed by atoms with Gasteiger partial charge in [0.25, 0.3) is 5.91 Å². The molecule has 0 bridgehead atoms. The summed E-state index contributed by atoms with van der Waals surface area (Å²) in [5, 5.41) is 4.01. The fraction of sp³-hybridized carbons (Fsp3) is 0.263. The van der Waals surface area contributed by atoms with Gasteiger partial charge in [0, 0.05) is 22.8 Å². The Morgan fingerprint density at radius 2 is 1.96 bits per heavy atom. The second-order valence-electron chi connectivity index (χ2n) is 6.09. The number of hydrogen-bond acceptors (Lipinski definition) is 3. The Morgan fingerprint density at radius 1 is 1.12 bits per heavy atom. The topological polar surface area (TPSA) is 44.7 Å². The lowest BCUT2D eigenvalue weighted by molar-refractivity contribution is 0.0858. The summed E-state index contributed by atoms with van der Waals surface area (Å²) in [6.07, 6.45) is 3.40. The minimum Gasteiger partial charge on any atom is -0.326 e. The summed E-state index contributed by atoms with van der Waals surface area (Å²) < 4.78 is 0. The molecule has 1 N–H and O–H groups in total. The SMILES string of the molecule is O=C(c1ccc(Cl)cc1)N1CCN=C1Nc1cccc2c1CCC2. The fourth-order valence-electron chi connectivity index (χ4n) is 3.36. The third kappa shape index (κ3) is 2.78. The summed E-state index contributed by atoms with van der Waals surface area (Å²) in [4.78, 5) is 18.9. The highest BCUT2D eigenvalue weighted by Crippen LogP contribution is 2.29. The largest absolute Gasteiger partial charge is 0.326 e. The molecule has 2 aromatic carbocycles. The summed E-state index contributed by atoms with van der Waals surface area (Å²) >= 11 is 5.91. The molecule has 0 saturated heterocycles. The Morgan fingerprint density at radius 3 is 2.79 bits per heavy atom. The van der Waals surface area contributed by atoms with Gasteiger partial charge in [-0.05, 0) is 60.7 Å². The number of fused-ring (bicyclic) bond motifs is 1. The van der Waals surface area contributed by atoms with Gasteiger partial charge in [0.05, 0.1) is 6.54 Å². The van der Waals surface area contributed by atoms with Crippen LogP contribution >= 0.6 is 11.6 Å². The predicted octanol–water partition coefficient (Wildman–Crippen LogP) is 3.75. The molecule has 122 valence electrons. The minimum absolute atomic E-state index is 0.0528.